The number of fused-ring (bicyclic) bond motifs is 2. The third-order valence-electron chi connectivity index (χ3n) is 4.23. The van der Waals surface area contributed by atoms with Crippen LogP contribution < -0.4 is 4.74 Å². The lowest BCUT2D eigenvalue weighted by Crippen LogP contribution is -2.04. The number of benzene rings is 3. The Balaban J connectivity index is 1.69. The van der Waals surface area contributed by atoms with E-state index >= 15 is 0 Å². The SMILES string of the molecule is CCOC(=O)c1ccc(-c2ccc3c(c2)C(Cl)=Nc2ccccc2O3)cc1. The molecule has 1 heterocycles. The van der Waals surface area contributed by atoms with E-state index in [-0.39, 0.29) is 5.97 Å². The summed E-state index contributed by atoms with van der Waals surface area (Å²) in [5.41, 5.74) is 3.84. The average Bonchev–Trinajstić information content (AvgIpc) is 2.83. The Morgan fingerprint density at radius 2 is 1.74 bits per heavy atom. The van der Waals surface area contributed by atoms with Gasteiger partial charge in [0.25, 0.3) is 0 Å². The zero-order chi connectivity index (χ0) is 18.8. The van der Waals surface area contributed by atoms with Crippen LogP contribution >= 0.6 is 11.6 Å². The molecule has 5 heteroatoms. The van der Waals surface area contributed by atoms with Gasteiger partial charge < -0.3 is 9.47 Å². The van der Waals surface area contributed by atoms with Crippen LogP contribution in [0.15, 0.2) is 71.7 Å². The predicted molar refractivity (Wildman–Crippen MR) is 106 cm³/mol. The van der Waals surface area contributed by atoms with Crippen molar-refractivity contribution in [2.24, 2.45) is 4.99 Å². The van der Waals surface area contributed by atoms with Crippen molar-refractivity contribution in [2.75, 3.05) is 6.61 Å². The minimum atomic E-state index is -0.327. The molecule has 1 aliphatic rings. The van der Waals surface area contributed by atoms with E-state index < -0.39 is 0 Å². The Morgan fingerprint density at radius 1 is 1.00 bits per heavy atom. The highest BCUT2D eigenvalue weighted by Gasteiger charge is 2.17. The molecule has 1 aliphatic heterocycles. The highest BCUT2D eigenvalue weighted by molar-refractivity contribution is 6.70. The Hall–Kier alpha value is -3.11. The van der Waals surface area contributed by atoms with Gasteiger partial charge in [-0.25, -0.2) is 9.79 Å². The summed E-state index contributed by atoms with van der Waals surface area (Å²) in [6.07, 6.45) is 0. The molecule has 4 rings (SSSR count). The Morgan fingerprint density at radius 3 is 2.52 bits per heavy atom. The van der Waals surface area contributed by atoms with Crippen LogP contribution in [0.2, 0.25) is 0 Å². The summed E-state index contributed by atoms with van der Waals surface area (Å²) in [6.45, 7) is 2.14. The van der Waals surface area contributed by atoms with Gasteiger partial charge in [-0.15, -0.1) is 0 Å². The van der Waals surface area contributed by atoms with Gasteiger partial charge in [-0.2, -0.15) is 0 Å². The van der Waals surface area contributed by atoms with Gasteiger partial charge in [-0.05, 0) is 54.4 Å². The van der Waals surface area contributed by atoms with Crippen molar-refractivity contribution in [3.05, 3.63) is 77.9 Å². The van der Waals surface area contributed by atoms with Crippen LogP contribution in [-0.2, 0) is 4.74 Å². The van der Waals surface area contributed by atoms with Gasteiger partial charge in [-0.1, -0.05) is 41.9 Å². The van der Waals surface area contributed by atoms with E-state index in [1.54, 1.807) is 19.1 Å². The summed E-state index contributed by atoms with van der Waals surface area (Å²) in [7, 11) is 0. The van der Waals surface area contributed by atoms with Crippen LogP contribution in [0.5, 0.6) is 11.5 Å². The van der Waals surface area contributed by atoms with Crippen molar-refractivity contribution < 1.29 is 14.3 Å². The fraction of sp³-hybridized carbons (Fsp3) is 0.0909. The van der Waals surface area contributed by atoms with Crippen LogP contribution in [0.4, 0.5) is 5.69 Å². The Bertz CT molecular complexity index is 1040. The standard InChI is InChI=1S/C22H16ClNO3/c1-2-26-22(25)15-9-7-14(8-10-15)16-11-12-19-17(13-16)21(23)24-18-5-3-4-6-20(18)27-19/h3-13H,2H2,1H3. The molecule has 0 N–H and O–H groups in total. The zero-order valence-electron chi connectivity index (χ0n) is 14.6. The second-order valence-electron chi connectivity index (χ2n) is 5.98. The first-order valence-corrected chi connectivity index (χ1v) is 8.96. The minimum absolute atomic E-state index is 0.327. The maximum Gasteiger partial charge on any atom is 0.338 e. The van der Waals surface area contributed by atoms with E-state index in [0.717, 1.165) is 16.7 Å². The monoisotopic (exact) mass is 377 g/mol. The van der Waals surface area contributed by atoms with Crippen LogP contribution in [0.25, 0.3) is 11.1 Å². The highest BCUT2D eigenvalue weighted by atomic mass is 35.5. The van der Waals surface area contributed by atoms with E-state index in [1.165, 1.54) is 0 Å². The average molecular weight is 378 g/mol. The molecule has 0 saturated heterocycles. The van der Waals surface area contributed by atoms with E-state index in [2.05, 4.69) is 4.99 Å². The lowest BCUT2D eigenvalue weighted by atomic mass is 10.0. The summed E-state index contributed by atoms with van der Waals surface area (Å²) < 4.78 is 11.0. The molecule has 0 fully saturated rings. The predicted octanol–water partition coefficient (Wildman–Crippen LogP) is 5.95. The topological polar surface area (TPSA) is 47.9 Å². The van der Waals surface area contributed by atoms with Gasteiger partial charge in [0.15, 0.2) is 5.75 Å². The molecule has 3 aromatic carbocycles. The molecule has 0 atom stereocenters. The number of esters is 1. The summed E-state index contributed by atoms with van der Waals surface area (Å²) in [6, 6.07) is 20.5. The van der Waals surface area contributed by atoms with Crippen LogP contribution in [0.3, 0.4) is 0 Å². The largest absolute Gasteiger partial charge is 0.462 e. The first kappa shape index (κ1) is 17.3. The number of rotatable bonds is 3. The summed E-state index contributed by atoms with van der Waals surface area (Å²) in [4.78, 5) is 16.3. The van der Waals surface area contributed by atoms with Gasteiger partial charge in [0, 0.05) is 0 Å². The molecule has 0 saturated carbocycles. The number of hydrogen-bond acceptors (Lipinski definition) is 4. The van der Waals surface area contributed by atoms with Crippen LogP contribution in [-0.4, -0.2) is 17.7 Å². The molecule has 0 amide bonds. The highest BCUT2D eigenvalue weighted by Crippen LogP contribution is 2.39. The summed E-state index contributed by atoms with van der Waals surface area (Å²) in [5.74, 6) is 0.994. The fourth-order valence-electron chi connectivity index (χ4n) is 2.89. The summed E-state index contributed by atoms with van der Waals surface area (Å²) >= 11 is 6.45. The molecule has 27 heavy (non-hydrogen) atoms. The second-order valence-corrected chi connectivity index (χ2v) is 6.34. The van der Waals surface area contributed by atoms with Gasteiger partial charge in [0.1, 0.15) is 16.6 Å². The van der Waals surface area contributed by atoms with Crippen molar-refractivity contribution in [1.29, 1.82) is 0 Å². The second kappa shape index (κ2) is 7.25. The van der Waals surface area contributed by atoms with E-state index in [4.69, 9.17) is 21.1 Å². The van der Waals surface area contributed by atoms with E-state index in [0.29, 0.717) is 34.5 Å². The molecule has 0 unspecified atom stereocenters. The number of halogens is 1. The molecule has 134 valence electrons. The Labute approximate surface area is 162 Å². The van der Waals surface area contributed by atoms with Crippen molar-refractivity contribution in [1.82, 2.24) is 0 Å². The van der Waals surface area contributed by atoms with Crippen molar-refractivity contribution in [3.8, 4) is 22.6 Å². The number of hydrogen-bond donors (Lipinski definition) is 0. The number of carbonyl (C=O) groups excluding carboxylic acids is 1. The van der Waals surface area contributed by atoms with Crippen molar-refractivity contribution >= 4 is 28.4 Å². The smallest absolute Gasteiger partial charge is 0.338 e. The first-order chi connectivity index (χ1) is 13.2. The molecule has 0 bridgehead atoms. The van der Waals surface area contributed by atoms with E-state index in [9.17, 15) is 4.79 Å². The lowest BCUT2D eigenvalue weighted by molar-refractivity contribution is 0.0526. The number of ether oxygens (including phenoxy) is 2. The van der Waals surface area contributed by atoms with Crippen molar-refractivity contribution in [3.63, 3.8) is 0 Å². The zero-order valence-corrected chi connectivity index (χ0v) is 15.4. The van der Waals surface area contributed by atoms with Gasteiger partial charge in [0.2, 0.25) is 0 Å². The van der Waals surface area contributed by atoms with Crippen LogP contribution in [0, 0.1) is 0 Å². The summed E-state index contributed by atoms with van der Waals surface area (Å²) in [5, 5.41) is 0.375. The molecule has 4 nitrogen and oxygen atoms in total. The molecule has 0 aliphatic carbocycles. The molecular weight excluding hydrogens is 362 g/mol. The molecule has 0 spiro atoms. The van der Waals surface area contributed by atoms with Gasteiger partial charge >= 0.3 is 5.97 Å². The molecule has 0 aromatic heterocycles. The quantitative estimate of drug-likeness (QED) is 0.529. The van der Waals surface area contributed by atoms with Gasteiger partial charge in [0.05, 0.1) is 17.7 Å². The fourth-order valence-corrected chi connectivity index (χ4v) is 3.13. The minimum Gasteiger partial charge on any atom is -0.462 e. The first-order valence-electron chi connectivity index (χ1n) is 8.59. The van der Waals surface area contributed by atoms with E-state index in [1.807, 2.05) is 54.6 Å². The maximum atomic E-state index is 11.8. The molecule has 3 aromatic rings. The lowest BCUT2D eigenvalue weighted by Gasteiger charge is -2.10. The number of aliphatic imine (C=N–C) groups is 1. The third-order valence-corrected chi connectivity index (χ3v) is 4.52. The van der Waals surface area contributed by atoms with Crippen molar-refractivity contribution in [2.45, 2.75) is 6.92 Å². The number of carbonyl (C=O) groups is 1. The number of nitrogens with zero attached hydrogens (tertiary/aromatic N) is 1. The van der Waals surface area contributed by atoms with Crippen LogP contribution in [0.1, 0.15) is 22.8 Å². The normalized spacial score (nSPS) is 12.1. The molecular formula is C22H16ClNO3. The third kappa shape index (κ3) is 3.44. The molecule has 0 radical (unpaired) electrons. The Kier molecular flexibility index (Phi) is 4.65. The van der Waals surface area contributed by atoms with Gasteiger partial charge in [-0.3, -0.25) is 0 Å². The number of para-hydroxylation sites is 2. The maximum absolute atomic E-state index is 11.8.